The van der Waals surface area contributed by atoms with Crippen molar-refractivity contribution in [2.24, 2.45) is 0 Å². The fourth-order valence-electron chi connectivity index (χ4n) is 26.0. The molecule has 0 aromatic carbocycles. The summed E-state index contributed by atoms with van der Waals surface area (Å²) >= 11 is 4.50. The van der Waals surface area contributed by atoms with Crippen LogP contribution in [0.2, 0.25) is 0 Å². The minimum atomic E-state index is 0.450. The van der Waals surface area contributed by atoms with Crippen LogP contribution >= 0.6 is 15.9 Å². The van der Waals surface area contributed by atoms with Gasteiger partial charge in [0.25, 0.3) is 0 Å². The molecule has 8 aliphatic heterocycles. The molecular weight excluding hydrogens is 1350 g/mol. The number of hydrogen-bond donors (Lipinski definition) is 0. The predicted octanol–water partition coefficient (Wildman–Crippen LogP) is 14.1. The van der Waals surface area contributed by atoms with Gasteiger partial charge in [0, 0.05) is 183 Å². The Morgan fingerprint density at radius 3 is 0.712 bits per heavy atom. The lowest BCUT2D eigenvalue weighted by atomic mass is 9.91. The zero-order valence-corrected chi connectivity index (χ0v) is 68.7. The van der Waals surface area contributed by atoms with E-state index < -0.39 is 0 Å². The van der Waals surface area contributed by atoms with E-state index in [4.69, 9.17) is 0 Å². The molecule has 16 fully saturated rings. The van der Waals surface area contributed by atoms with Crippen LogP contribution in [0.25, 0.3) is 0 Å². The largest absolute Gasteiger partial charge is 0.441 e. The molecule has 8 saturated heterocycles. The Kier molecular flexibility index (Phi) is 29.0. The second-order valence-electron chi connectivity index (χ2n) is 38.6. The van der Waals surface area contributed by atoms with Crippen LogP contribution in [0.3, 0.4) is 0 Å². The lowest BCUT2D eigenvalue weighted by molar-refractivity contribution is 0.0937. The maximum Gasteiger partial charge on any atom is 0.0681 e. The van der Waals surface area contributed by atoms with Crippen LogP contribution in [-0.4, -0.2) is 325 Å². The second kappa shape index (κ2) is 38.8. The van der Waals surface area contributed by atoms with E-state index in [1.54, 1.807) is 0 Å². The number of nitrogens with zero attached hydrogens (tertiary/aromatic N) is 16. The molecule has 594 valence electrons. The number of rotatable bonds is 37. The first-order chi connectivity index (χ1) is 51.3. The highest BCUT2D eigenvalue weighted by Crippen LogP contribution is 2.40. The van der Waals surface area contributed by atoms with Crippen molar-refractivity contribution >= 4 is 15.9 Å². The number of halogens is 1. The van der Waals surface area contributed by atoms with Crippen molar-refractivity contribution in [3.63, 3.8) is 0 Å². The summed E-state index contributed by atoms with van der Waals surface area (Å²) < 4.78 is 0. The highest BCUT2D eigenvalue weighted by molar-refractivity contribution is 9.09. The molecule has 104 heavy (non-hydrogen) atoms. The molecule has 0 amide bonds. The molecular formula is C87H158BrN16-. The SMILES string of the molecule is CCC(CCC(CCC(CCC(CCC(CCC(CCC(CC(Br)N1CCN(C2CCCC2)C1)N1C[CH-]N(C2CCCC2)C1)N1CCN(C2CCCC2)C1)N1CCN(C2CCCC2)C1)N1CCN(C2CCCC2)C1)N1CCN(C2CCCC2)C1)N1CCN(C2CCCC2)C1)N1CCN(C2CCCC2)C1. The summed E-state index contributed by atoms with van der Waals surface area (Å²) in [7, 11) is 0. The minimum absolute atomic E-state index is 0.450. The highest BCUT2D eigenvalue weighted by atomic mass is 79.9. The third-order valence-corrected chi connectivity index (χ3v) is 33.7. The molecule has 8 heterocycles. The number of alkyl halides is 1. The van der Waals surface area contributed by atoms with Crippen LogP contribution < -0.4 is 0 Å². The molecule has 0 aromatic rings. The lowest BCUT2D eigenvalue weighted by Gasteiger charge is -2.38. The van der Waals surface area contributed by atoms with Gasteiger partial charge in [-0.3, -0.25) is 75.1 Å². The summed E-state index contributed by atoms with van der Waals surface area (Å²) in [6.07, 6.45) is 65.2. The van der Waals surface area contributed by atoms with Crippen LogP contribution in [0.1, 0.15) is 302 Å². The summed E-state index contributed by atoms with van der Waals surface area (Å²) in [6, 6.07) is 11.3. The van der Waals surface area contributed by atoms with Gasteiger partial charge >= 0.3 is 0 Å². The zero-order valence-electron chi connectivity index (χ0n) is 67.1. The van der Waals surface area contributed by atoms with Gasteiger partial charge in [-0.1, -0.05) is 126 Å². The average molecular weight is 1510 g/mol. The summed E-state index contributed by atoms with van der Waals surface area (Å²) in [5, 5.41) is 0. The molecule has 17 heteroatoms. The molecule has 0 bridgehead atoms. The van der Waals surface area contributed by atoms with Crippen LogP contribution in [0.5, 0.6) is 0 Å². The van der Waals surface area contributed by atoms with Gasteiger partial charge in [0.05, 0.1) is 51.6 Å². The van der Waals surface area contributed by atoms with E-state index in [0.717, 1.165) is 67.6 Å². The van der Waals surface area contributed by atoms with Crippen molar-refractivity contribution in [3.05, 3.63) is 6.54 Å². The molecule has 0 radical (unpaired) electrons. The molecule has 8 aliphatic carbocycles. The van der Waals surface area contributed by atoms with Gasteiger partial charge in [-0.2, -0.15) is 0 Å². The van der Waals surface area contributed by atoms with E-state index in [1.807, 2.05) is 0 Å². The molecule has 16 rings (SSSR count). The first-order valence-electron chi connectivity index (χ1n) is 46.7. The Bertz CT molecular complexity index is 2470. The molecule has 8 saturated carbocycles. The Morgan fingerprint density at radius 1 is 0.240 bits per heavy atom. The first-order valence-corrected chi connectivity index (χ1v) is 47.6. The molecule has 16 nitrogen and oxygen atoms in total. The highest BCUT2D eigenvalue weighted by Gasteiger charge is 2.43. The maximum atomic E-state index is 4.50. The van der Waals surface area contributed by atoms with Crippen LogP contribution in [0.4, 0.5) is 0 Å². The standard InChI is InChI=1S/C87H158BrN16/c1-2-72(89-47-48-90(64-89)73-19-3-4-20-73)35-36-81(97-54-49-91(65-97)74-21-5-6-22-74)37-38-82(98-55-50-92(66-98)75-23-7-8-24-75)39-40-83(99-56-51-93(67-99)76-25-9-10-26-76)41-42-84(100-57-52-94(68-100)77-27-11-12-28-77)43-44-85(101-58-53-95(69-101)78-29-13-14-30-78)45-46-86(103-60-59-96(70-103)79-31-15-16-32-79)63-87(88)104-62-61-102(71-104)80-33-17-18-34-80/h59,72-87H,2-58,60-71H2,1H3/q-1. The summed E-state index contributed by atoms with van der Waals surface area (Å²) in [6.45, 7) is 34.2. The summed E-state index contributed by atoms with van der Waals surface area (Å²) in [5.41, 5.74) is 0. The van der Waals surface area contributed by atoms with Crippen molar-refractivity contribution < 1.29 is 0 Å². The molecule has 8 unspecified atom stereocenters. The van der Waals surface area contributed by atoms with Gasteiger partial charge in [-0.05, 0) is 199 Å². The Hall–Kier alpha value is -0.160. The van der Waals surface area contributed by atoms with E-state index >= 15 is 0 Å². The predicted molar refractivity (Wildman–Crippen MR) is 433 cm³/mol. The molecule has 0 aromatic heterocycles. The van der Waals surface area contributed by atoms with Crippen LogP contribution in [0.15, 0.2) is 0 Å². The zero-order chi connectivity index (χ0) is 70.0. The quantitative estimate of drug-likeness (QED) is 0.0337. The smallest absolute Gasteiger partial charge is 0.0681 e. The van der Waals surface area contributed by atoms with Crippen molar-refractivity contribution in [3.8, 4) is 0 Å². The average Bonchev–Trinajstić information content (AvgIpc) is 1.68. The van der Waals surface area contributed by atoms with E-state index in [2.05, 4.69) is 108 Å². The Morgan fingerprint density at radius 2 is 0.452 bits per heavy atom. The Balaban J connectivity index is 0.641. The summed E-state index contributed by atoms with van der Waals surface area (Å²) in [5.74, 6) is 0. The maximum absolute atomic E-state index is 4.50. The summed E-state index contributed by atoms with van der Waals surface area (Å²) in [4.78, 5) is 48.4. The minimum Gasteiger partial charge on any atom is -0.441 e. The van der Waals surface area contributed by atoms with Gasteiger partial charge in [0.15, 0.2) is 0 Å². The topological polar surface area (TPSA) is 51.8 Å². The molecule has 0 spiro atoms. The lowest BCUT2D eigenvalue weighted by Crippen LogP contribution is -2.44. The second-order valence-corrected chi connectivity index (χ2v) is 39.7. The van der Waals surface area contributed by atoms with Crippen LogP contribution in [-0.2, 0) is 0 Å². The van der Waals surface area contributed by atoms with Crippen molar-refractivity contribution in [2.45, 2.75) is 398 Å². The van der Waals surface area contributed by atoms with Gasteiger partial charge in [0.2, 0.25) is 0 Å². The normalized spacial score (nSPS) is 31.2. The molecule has 0 N–H and O–H groups in total. The van der Waals surface area contributed by atoms with E-state index in [1.165, 1.54) is 434 Å². The fourth-order valence-corrected chi connectivity index (χ4v) is 26.8. The third kappa shape index (κ3) is 19.9. The van der Waals surface area contributed by atoms with Gasteiger partial charge in [-0.25, -0.2) is 0 Å². The van der Waals surface area contributed by atoms with Gasteiger partial charge in [0.1, 0.15) is 0 Å². The van der Waals surface area contributed by atoms with E-state index in [-0.39, 0.29) is 0 Å². The van der Waals surface area contributed by atoms with Crippen molar-refractivity contribution in [1.29, 1.82) is 0 Å². The molecule has 16 aliphatic rings. The monoisotopic (exact) mass is 1510 g/mol. The molecule has 8 atom stereocenters. The van der Waals surface area contributed by atoms with Crippen LogP contribution in [0, 0.1) is 6.54 Å². The van der Waals surface area contributed by atoms with E-state index in [0.29, 0.717) is 41.2 Å². The fraction of sp³-hybridized carbons (Fsp3) is 0.989. The third-order valence-electron chi connectivity index (χ3n) is 32.8. The number of hydrogen-bond acceptors (Lipinski definition) is 16. The first kappa shape index (κ1) is 77.8. The van der Waals surface area contributed by atoms with Crippen molar-refractivity contribution in [1.82, 2.24) is 78.4 Å². The Labute approximate surface area is 646 Å². The van der Waals surface area contributed by atoms with Gasteiger partial charge < -0.3 is 9.80 Å². The van der Waals surface area contributed by atoms with E-state index in [9.17, 15) is 0 Å². The van der Waals surface area contributed by atoms with Crippen molar-refractivity contribution in [2.75, 3.05) is 152 Å². The van der Waals surface area contributed by atoms with Gasteiger partial charge in [-0.15, -0.1) is 6.54 Å².